The predicted molar refractivity (Wildman–Crippen MR) is 62.8 cm³/mol. The van der Waals surface area contributed by atoms with Crippen molar-refractivity contribution in [3.63, 3.8) is 0 Å². The Bertz CT molecular complexity index is 561. The molecule has 1 N–H and O–H groups in total. The first-order valence-electron chi connectivity index (χ1n) is 5.31. The monoisotopic (exact) mass is 218 g/mol. The molecule has 5 nitrogen and oxygen atoms in total. The second-order valence-corrected chi connectivity index (χ2v) is 3.69. The van der Waals surface area contributed by atoms with Gasteiger partial charge in [-0.05, 0) is 25.0 Å². The number of pyridine rings is 1. The molecule has 5 heteroatoms. The van der Waals surface area contributed by atoms with Crippen molar-refractivity contribution in [2.45, 2.75) is 20.3 Å². The third-order valence-corrected chi connectivity index (χ3v) is 2.24. The van der Waals surface area contributed by atoms with Crippen LogP contribution in [0.25, 0.3) is 5.65 Å². The Morgan fingerprint density at radius 1 is 1.38 bits per heavy atom. The molecule has 0 aliphatic carbocycles. The molecule has 0 saturated heterocycles. The molecule has 2 aromatic heterocycles. The highest BCUT2D eigenvalue weighted by Crippen LogP contribution is 2.02. The van der Waals surface area contributed by atoms with Gasteiger partial charge in [-0.2, -0.15) is 9.97 Å². The van der Waals surface area contributed by atoms with Crippen molar-refractivity contribution in [1.82, 2.24) is 14.4 Å². The van der Waals surface area contributed by atoms with Crippen molar-refractivity contribution < 1.29 is 0 Å². The highest BCUT2D eigenvalue weighted by molar-refractivity contribution is 5.43. The van der Waals surface area contributed by atoms with E-state index in [0.29, 0.717) is 11.6 Å². The summed E-state index contributed by atoms with van der Waals surface area (Å²) in [6.07, 6.45) is 2.71. The number of hydrogen-bond acceptors (Lipinski definition) is 4. The molecule has 0 spiro atoms. The van der Waals surface area contributed by atoms with E-state index in [-0.39, 0.29) is 5.69 Å². The van der Waals surface area contributed by atoms with Crippen molar-refractivity contribution in [1.29, 1.82) is 0 Å². The summed E-state index contributed by atoms with van der Waals surface area (Å²) in [6.45, 7) is 4.74. The molecule has 0 aliphatic heterocycles. The van der Waals surface area contributed by atoms with Crippen LogP contribution in [0.4, 0.5) is 5.95 Å². The fourth-order valence-corrected chi connectivity index (χ4v) is 1.44. The van der Waals surface area contributed by atoms with Crippen molar-refractivity contribution in [3.8, 4) is 0 Å². The van der Waals surface area contributed by atoms with Gasteiger partial charge in [-0.15, -0.1) is 0 Å². The van der Waals surface area contributed by atoms with E-state index < -0.39 is 0 Å². The number of nitrogens with one attached hydrogen (secondary N) is 1. The van der Waals surface area contributed by atoms with Crippen LogP contribution in [0.1, 0.15) is 18.9 Å². The number of anilines is 1. The Balaban J connectivity index is 2.51. The molecule has 0 unspecified atom stereocenters. The molecule has 0 saturated carbocycles. The zero-order valence-corrected chi connectivity index (χ0v) is 9.40. The van der Waals surface area contributed by atoms with E-state index in [0.717, 1.165) is 18.5 Å². The van der Waals surface area contributed by atoms with Crippen LogP contribution in [0.15, 0.2) is 23.1 Å². The van der Waals surface area contributed by atoms with Crippen LogP contribution in [-0.4, -0.2) is 20.9 Å². The molecule has 0 bridgehead atoms. The lowest BCUT2D eigenvalue weighted by atomic mass is 10.3. The summed E-state index contributed by atoms with van der Waals surface area (Å²) < 4.78 is 1.45. The number of aryl methyl sites for hydroxylation is 1. The fraction of sp³-hybridized carbons (Fsp3) is 0.364. The third kappa shape index (κ3) is 2.03. The fourth-order valence-electron chi connectivity index (χ4n) is 1.44. The van der Waals surface area contributed by atoms with Crippen LogP contribution in [-0.2, 0) is 0 Å². The van der Waals surface area contributed by atoms with E-state index in [1.807, 2.05) is 26.0 Å². The first kappa shape index (κ1) is 10.6. The standard InChI is InChI=1S/C11H14N4O/c1-3-6-12-10-13-9-5-4-8(2)7-15(9)11(16)14-10/h4-5,7H,3,6H2,1-2H3,(H,12,14,16). The largest absolute Gasteiger partial charge is 0.356 e. The van der Waals surface area contributed by atoms with E-state index >= 15 is 0 Å². The minimum atomic E-state index is -0.299. The summed E-state index contributed by atoms with van der Waals surface area (Å²) in [5.41, 5.74) is 1.32. The van der Waals surface area contributed by atoms with E-state index in [1.165, 1.54) is 4.40 Å². The van der Waals surface area contributed by atoms with Crippen molar-refractivity contribution in [2.75, 3.05) is 11.9 Å². The van der Waals surface area contributed by atoms with Gasteiger partial charge in [0.1, 0.15) is 5.65 Å². The second kappa shape index (κ2) is 4.30. The van der Waals surface area contributed by atoms with Crippen LogP contribution in [0, 0.1) is 6.92 Å². The normalized spacial score (nSPS) is 10.6. The topological polar surface area (TPSA) is 59.3 Å². The van der Waals surface area contributed by atoms with Crippen LogP contribution in [0.2, 0.25) is 0 Å². The molecule has 2 rings (SSSR count). The molecular weight excluding hydrogens is 204 g/mol. The van der Waals surface area contributed by atoms with E-state index in [1.54, 1.807) is 6.20 Å². The van der Waals surface area contributed by atoms with Gasteiger partial charge in [0.2, 0.25) is 5.95 Å². The van der Waals surface area contributed by atoms with Gasteiger partial charge in [0, 0.05) is 12.7 Å². The maximum absolute atomic E-state index is 11.7. The predicted octanol–water partition coefficient (Wildman–Crippen LogP) is 1.22. The van der Waals surface area contributed by atoms with Gasteiger partial charge in [-0.25, -0.2) is 4.79 Å². The molecular formula is C11H14N4O. The quantitative estimate of drug-likeness (QED) is 0.841. The SMILES string of the molecule is CCCNc1nc(=O)n2cc(C)ccc2n1. The zero-order valence-electron chi connectivity index (χ0n) is 9.40. The van der Waals surface area contributed by atoms with Crippen LogP contribution in [0.5, 0.6) is 0 Å². The maximum atomic E-state index is 11.7. The summed E-state index contributed by atoms with van der Waals surface area (Å²) >= 11 is 0. The van der Waals surface area contributed by atoms with Crippen molar-refractivity contribution in [2.24, 2.45) is 0 Å². The first-order valence-corrected chi connectivity index (χ1v) is 5.31. The van der Waals surface area contributed by atoms with Gasteiger partial charge in [0.25, 0.3) is 0 Å². The minimum Gasteiger partial charge on any atom is -0.354 e. The van der Waals surface area contributed by atoms with Crippen molar-refractivity contribution >= 4 is 11.6 Å². The molecule has 84 valence electrons. The smallest absolute Gasteiger partial charge is 0.354 e. The zero-order chi connectivity index (χ0) is 11.5. The molecule has 16 heavy (non-hydrogen) atoms. The Hall–Kier alpha value is -1.91. The van der Waals surface area contributed by atoms with Gasteiger partial charge in [0.05, 0.1) is 0 Å². The van der Waals surface area contributed by atoms with Gasteiger partial charge in [-0.3, -0.25) is 4.40 Å². The molecule has 0 amide bonds. The lowest BCUT2D eigenvalue weighted by Gasteiger charge is -2.04. The molecule has 0 fully saturated rings. The maximum Gasteiger partial charge on any atom is 0.356 e. The summed E-state index contributed by atoms with van der Waals surface area (Å²) in [5.74, 6) is 0.399. The van der Waals surface area contributed by atoms with Crippen molar-refractivity contribution in [3.05, 3.63) is 34.4 Å². The summed E-state index contributed by atoms with van der Waals surface area (Å²) in [6, 6.07) is 3.74. The second-order valence-electron chi connectivity index (χ2n) is 3.69. The lowest BCUT2D eigenvalue weighted by molar-refractivity contribution is 0.902. The Kier molecular flexibility index (Phi) is 2.85. The van der Waals surface area contributed by atoms with E-state index in [4.69, 9.17) is 0 Å². The number of fused-ring (bicyclic) bond motifs is 1. The Labute approximate surface area is 93.2 Å². The molecule has 2 aromatic rings. The number of hydrogen-bond donors (Lipinski definition) is 1. The van der Waals surface area contributed by atoms with Gasteiger partial charge < -0.3 is 5.32 Å². The molecule has 2 heterocycles. The first-order chi connectivity index (χ1) is 7.70. The molecule has 0 aromatic carbocycles. The minimum absolute atomic E-state index is 0.299. The highest BCUT2D eigenvalue weighted by atomic mass is 16.1. The molecule has 0 atom stereocenters. The van der Waals surface area contributed by atoms with Crippen LogP contribution in [0.3, 0.4) is 0 Å². The van der Waals surface area contributed by atoms with Crippen LogP contribution >= 0.6 is 0 Å². The molecule has 0 aliphatic rings. The van der Waals surface area contributed by atoms with E-state index in [9.17, 15) is 4.79 Å². The summed E-state index contributed by atoms with van der Waals surface area (Å²) in [5, 5.41) is 3.01. The number of nitrogens with zero attached hydrogens (tertiary/aromatic N) is 3. The third-order valence-electron chi connectivity index (χ3n) is 2.24. The Morgan fingerprint density at radius 2 is 2.19 bits per heavy atom. The lowest BCUT2D eigenvalue weighted by Crippen LogP contribution is -2.21. The average molecular weight is 218 g/mol. The number of aromatic nitrogens is 3. The van der Waals surface area contributed by atoms with Gasteiger partial charge >= 0.3 is 5.69 Å². The number of rotatable bonds is 3. The summed E-state index contributed by atoms with van der Waals surface area (Å²) in [4.78, 5) is 19.8. The van der Waals surface area contributed by atoms with E-state index in [2.05, 4.69) is 15.3 Å². The molecule has 0 radical (unpaired) electrons. The van der Waals surface area contributed by atoms with Gasteiger partial charge in [-0.1, -0.05) is 13.0 Å². The van der Waals surface area contributed by atoms with Gasteiger partial charge in [0.15, 0.2) is 0 Å². The Morgan fingerprint density at radius 3 is 2.94 bits per heavy atom. The highest BCUT2D eigenvalue weighted by Gasteiger charge is 2.02. The average Bonchev–Trinajstić information content (AvgIpc) is 2.27. The van der Waals surface area contributed by atoms with Crippen LogP contribution < -0.4 is 11.0 Å². The summed E-state index contributed by atoms with van der Waals surface area (Å²) in [7, 11) is 0.